The van der Waals surface area contributed by atoms with E-state index in [1.54, 1.807) is 7.05 Å². The van der Waals surface area contributed by atoms with E-state index in [-0.39, 0.29) is 17.4 Å². The number of nitro groups is 1. The highest BCUT2D eigenvalue weighted by Gasteiger charge is 2.34. The Morgan fingerprint density at radius 3 is 2.00 bits per heavy atom. The molecule has 2 rings (SSSR count). The van der Waals surface area contributed by atoms with Crippen molar-refractivity contribution in [1.29, 1.82) is 0 Å². The third-order valence-electron chi connectivity index (χ3n) is 3.66. The lowest BCUT2D eigenvalue weighted by atomic mass is 9.80. The molecule has 0 saturated heterocycles. The average molecular weight is 298 g/mol. The van der Waals surface area contributed by atoms with E-state index in [9.17, 15) is 14.9 Å². The van der Waals surface area contributed by atoms with Crippen molar-refractivity contribution < 1.29 is 9.72 Å². The van der Waals surface area contributed by atoms with Gasteiger partial charge >= 0.3 is 0 Å². The summed E-state index contributed by atoms with van der Waals surface area (Å²) in [6.07, 6.45) is 0. The molecular formula is C17H18N2O3. The fraction of sp³-hybridized carbons (Fsp3) is 0.235. The van der Waals surface area contributed by atoms with Crippen molar-refractivity contribution >= 4 is 5.91 Å². The van der Waals surface area contributed by atoms with Crippen LogP contribution in [-0.2, 0) is 4.79 Å². The number of rotatable bonds is 6. The molecular weight excluding hydrogens is 280 g/mol. The predicted molar refractivity (Wildman–Crippen MR) is 84.3 cm³/mol. The quantitative estimate of drug-likeness (QED) is 0.658. The molecule has 0 aliphatic carbocycles. The molecule has 5 nitrogen and oxygen atoms in total. The average Bonchev–Trinajstić information content (AvgIpc) is 2.55. The van der Waals surface area contributed by atoms with Crippen LogP contribution in [0.15, 0.2) is 60.7 Å². The van der Waals surface area contributed by atoms with Gasteiger partial charge in [-0.05, 0) is 11.1 Å². The van der Waals surface area contributed by atoms with Gasteiger partial charge in [-0.2, -0.15) is 0 Å². The highest BCUT2D eigenvalue weighted by Crippen LogP contribution is 2.33. The zero-order valence-electron chi connectivity index (χ0n) is 12.3. The van der Waals surface area contributed by atoms with Gasteiger partial charge in [-0.3, -0.25) is 14.9 Å². The standard InChI is InChI=1S/C17H18N2O3/c1-18-17(20)16(14-10-6-3-7-11-14)15(12-19(21)22)13-8-4-2-5-9-13/h2-11,15-16H,12H2,1H3,(H,18,20)/t15-,16+/m1/s1. The van der Waals surface area contributed by atoms with Crippen molar-refractivity contribution in [3.05, 3.63) is 81.9 Å². The summed E-state index contributed by atoms with van der Waals surface area (Å²) in [6.45, 7) is -0.295. The highest BCUT2D eigenvalue weighted by molar-refractivity contribution is 5.84. The fourth-order valence-corrected chi connectivity index (χ4v) is 2.65. The summed E-state index contributed by atoms with van der Waals surface area (Å²) in [4.78, 5) is 23.1. The first-order valence-corrected chi connectivity index (χ1v) is 7.06. The molecule has 1 N–H and O–H groups in total. The number of hydrogen-bond donors (Lipinski definition) is 1. The van der Waals surface area contributed by atoms with Gasteiger partial charge in [-0.25, -0.2) is 0 Å². The number of benzene rings is 2. The number of nitrogens with one attached hydrogen (secondary N) is 1. The van der Waals surface area contributed by atoms with Gasteiger partial charge in [0.1, 0.15) is 0 Å². The lowest BCUT2D eigenvalue weighted by molar-refractivity contribution is -0.483. The minimum Gasteiger partial charge on any atom is -0.359 e. The molecule has 5 heteroatoms. The lowest BCUT2D eigenvalue weighted by Crippen LogP contribution is -2.33. The first kappa shape index (κ1) is 15.7. The van der Waals surface area contributed by atoms with E-state index in [1.165, 1.54) is 0 Å². The van der Waals surface area contributed by atoms with E-state index >= 15 is 0 Å². The zero-order chi connectivity index (χ0) is 15.9. The predicted octanol–water partition coefficient (Wildman–Crippen LogP) is 2.58. The smallest absolute Gasteiger partial charge is 0.228 e. The summed E-state index contributed by atoms with van der Waals surface area (Å²) in [7, 11) is 1.55. The normalized spacial score (nSPS) is 13.1. The SMILES string of the molecule is CNC(=O)[C@@H](c1ccccc1)[C@H](C[N+](=O)[O-])c1ccccc1. The van der Waals surface area contributed by atoms with Crippen molar-refractivity contribution in [1.82, 2.24) is 5.32 Å². The van der Waals surface area contributed by atoms with E-state index in [4.69, 9.17) is 0 Å². The highest BCUT2D eigenvalue weighted by atomic mass is 16.6. The van der Waals surface area contributed by atoms with Gasteiger partial charge in [0.15, 0.2) is 0 Å². The molecule has 0 saturated carbocycles. The summed E-state index contributed by atoms with van der Waals surface area (Å²) < 4.78 is 0. The van der Waals surface area contributed by atoms with Crippen molar-refractivity contribution in [2.45, 2.75) is 11.8 Å². The largest absolute Gasteiger partial charge is 0.359 e. The molecule has 0 radical (unpaired) electrons. The Balaban J connectivity index is 2.48. The first-order chi connectivity index (χ1) is 10.6. The Kier molecular flexibility index (Phi) is 5.25. The molecule has 0 aliphatic rings. The Hall–Kier alpha value is -2.69. The topological polar surface area (TPSA) is 72.2 Å². The van der Waals surface area contributed by atoms with Crippen LogP contribution in [0.1, 0.15) is 23.0 Å². The number of amides is 1. The first-order valence-electron chi connectivity index (χ1n) is 7.06. The van der Waals surface area contributed by atoms with E-state index in [2.05, 4.69) is 5.32 Å². The van der Waals surface area contributed by atoms with Gasteiger partial charge in [0, 0.05) is 12.0 Å². The molecule has 0 bridgehead atoms. The second-order valence-electron chi connectivity index (χ2n) is 5.04. The van der Waals surface area contributed by atoms with Crippen LogP contribution in [0, 0.1) is 10.1 Å². The number of carbonyl (C=O) groups excluding carboxylic acids is 1. The van der Waals surface area contributed by atoms with Gasteiger partial charge < -0.3 is 5.32 Å². The maximum atomic E-state index is 12.4. The molecule has 0 aromatic heterocycles. The Bertz CT molecular complexity index is 629. The Labute approximate surface area is 129 Å². The van der Waals surface area contributed by atoms with Crippen molar-refractivity contribution in [2.24, 2.45) is 0 Å². The molecule has 1 amide bonds. The summed E-state index contributed by atoms with van der Waals surface area (Å²) in [5.41, 5.74) is 1.56. The molecule has 0 aliphatic heterocycles. The van der Waals surface area contributed by atoms with Crippen LogP contribution in [0.2, 0.25) is 0 Å². The van der Waals surface area contributed by atoms with E-state index in [0.29, 0.717) is 0 Å². The van der Waals surface area contributed by atoms with Crippen LogP contribution in [0.25, 0.3) is 0 Å². The van der Waals surface area contributed by atoms with E-state index < -0.39 is 11.8 Å². The lowest BCUT2D eigenvalue weighted by Gasteiger charge is -2.24. The third kappa shape index (κ3) is 3.69. The van der Waals surface area contributed by atoms with Crippen LogP contribution in [0.3, 0.4) is 0 Å². The minimum atomic E-state index is -0.598. The molecule has 2 aromatic rings. The zero-order valence-corrected chi connectivity index (χ0v) is 12.3. The summed E-state index contributed by atoms with van der Waals surface area (Å²) in [6, 6.07) is 18.3. The second kappa shape index (κ2) is 7.36. The fourth-order valence-electron chi connectivity index (χ4n) is 2.65. The van der Waals surface area contributed by atoms with Gasteiger partial charge in [0.05, 0.1) is 11.8 Å². The van der Waals surface area contributed by atoms with Crippen LogP contribution in [0.5, 0.6) is 0 Å². The van der Waals surface area contributed by atoms with Gasteiger partial charge in [-0.15, -0.1) is 0 Å². The molecule has 0 spiro atoms. The van der Waals surface area contributed by atoms with E-state index in [1.807, 2.05) is 60.7 Å². The van der Waals surface area contributed by atoms with Gasteiger partial charge in [0.2, 0.25) is 12.5 Å². The number of likely N-dealkylation sites (N-methyl/N-ethyl adjacent to an activating group) is 1. The third-order valence-corrected chi connectivity index (χ3v) is 3.66. The van der Waals surface area contributed by atoms with Crippen LogP contribution >= 0.6 is 0 Å². The maximum Gasteiger partial charge on any atom is 0.228 e. The number of hydrogen-bond acceptors (Lipinski definition) is 3. The van der Waals surface area contributed by atoms with Crippen LogP contribution in [0.4, 0.5) is 0 Å². The summed E-state index contributed by atoms with van der Waals surface area (Å²) >= 11 is 0. The van der Waals surface area contributed by atoms with Crippen molar-refractivity contribution in [2.75, 3.05) is 13.6 Å². The van der Waals surface area contributed by atoms with E-state index in [0.717, 1.165) is 11.1 Å². The molecule has 0 unspecified atom stereocenters. The summed E-state index contributed by atoms with van der Waals surface area (Å²) in [5, 5.41) is 13.7. The molecule has 2 aromatic carbocycles. The van der Waals surface area contributed by atoms with Crippen LogP contribution in [-0.4, -0.2) is 24.4 Å². The Morgan fingerprint density at radius 2 is 1.55 bits per heavy atom. The van der Waals surface area contributed by atoms with Gasteiger partial charge in [0.25, 0.3) is 0 Å². The number of nitrogens with zero attached hydrogens (tertiary/aromatic N) is 1. The summed E-state index contributed by atoms with van der Waals surface area (Å²) in [5.74, 6) is -1.33. The maximum absolute atomic E-state index is 12.4. The molecule has 22 heavy (non-hydrogen) atoms. The molecule has 0 heterocycles. The molecule has 114 valence electrons. The number of carbonyl (C=O) groups is 1. The minimum absolute atomic E-state index is 0.220. The van der Waals surface area contributed by atoms with Gasteiger partial charge in [-0.1, -0.05) is 60.7 Å². The molecule has 0 fully saturated rings. The molecule has 2 atom stereocenters. The van der Waals surface area contributed by atoms with Crippen LogP contribution < -0.4 is 5.32 Å². The monoisotopic (exact) mass is 298 g/mol. The second-order valence-corrected chi connectivity index (χ2v) is 5.04. The Morgan fingerprint density at radius 1 is 1.05 bits per heavy atom. The van der Waals surface area contributed by atoms with Crippen molar-refractivity contribution in [3.8, 4) is 0 Å². The van der Waals surface area contributed by atoms with Crippen molar-refractivity contribution in [3.63, 3.8) is 0 Å².